The van der Waals surface area contributed by atoms with Gasteiger partial charge in [0.25, 0.3) is 10.0 Å². The van der Waals surface area contributed by atoms with Gasteiger partial charge in [-0.2, -0.15) is 11.3 Å². The van der Waals surface area contributed by atoms with Crippen LogP contribution in [-0.2, 0) is 10.0 Å². The summed E-state index contributed by atoms with van der Waals surface area (Å²) in [4.78, 5) is 0.346. The molecule has 1 aliphatic heterocycles. The van der Waals surface area contributed by atoms with Crippen LogP contribution in [0.1, 0.15) is 24.8 Å². The number of fused-ring (bicyclic) bond motifs is 1. The number of benzene rings is 1. The van der Waals surface area contributed by atoms with Crippen LogP contribution in [0.2, 0.25) is 0 Å². The molecule has 0 aliphatic carbocycles. The fourth-order valence-corrected chi connectivity index (χ4v) is 5.24. The molecule has 1 aromatic carbocycles. The number of hydrogen-bond donors (Lipinski definition) is 0. The predicted octanol–water partition coefficient (Wildman–Crippen LogP) is 3.46. The van der Waals surface area contributed by atoms with Crippen molar-refractivity contribution in [2.75, 3.05) is 18.0 Å². The summed E-state index contributed by atoms with van der Waals surface area (Å²) in [7, 11) is -1.95. The summed E-state index contributed by atoms with van der Waals surface area (Å²) >= 11 is 1.39. The average Bonchev–Trinajstić information content (AvgIpc) is 3.02. The third-order valence-electron chi connectivity index (χ3n) is 3.88. The van der Waals surface area contributed by atoms with Gasteiger partial charge in [-0.3, -0.25) is 4.31 Å². The molecular formula is C15H17NO3S2. The first-order valence-electron chi connectivity index (χ1n) is 6.77. The third-order valence-corrected chi connectivity index (χ3v) is 6.51. The fraction of sp³-hybridized carbons (Fsp3) is 0.333. The molecule has 1 unspecified atom stereocenters. The Labute approximate surface area is 129 Å². The second-order valence-electron chi connectivity index (χ2n) is 5.12. The molecule has 2 aromatic rings. The maximum absolute atomic E-state index is 12.9. The Bertz CT molecular complexity index is 738. The molecule has 0 radical (unpaired) electrons. The first kappa shape index (κ1) is 14.4. The minimum absolute atomic E-state index is 0.323. The Balaban J connectivity index is 2.18. The van der Waals surface area contributed by atoms with Gasteiger partial charge in [0.1, 0.15) is 5.75 Å². The molecular weight excluding hydrogens is 306 g/mol. The number of hydrogen-bond acceptors (Lipinski definition) is 4. The van der Waals surface area contributed by atoms with E-state index in [1.165, 1.54) is 15.6 Å². The van der Waals surface area contributed by atoms with Crippen LogP contribution in [0.4, 0.5) is 5.69 Å². The van der Waals surface area contributed by atoms with Crippen molar-refractivity contribution < 1.29 is 13.2 Å². The highest BCUT2D eigenvalue weighted by atomic mass is 32.2. The molecule has 0 saturated heterocycles. The monoisotopic (exact) mass is 323 g/mol. The minimum Gasteiger partial charge on any atom is -0.495 e. The van der Waals surface area contributed by atoms with E-state index in [-0.39, 0.29) is 0 Å². The summed E-state index contributed by atoms with van der Waals surface area (Å²) in [5.74, 6) is 0.932. The normalized spacial score (nSPS) is 18.4. The van der Waals surface area contributed by atoms with Crippen molar-refractivity contribution in [2.24, 2.45) is 0 Å². The molecule has 2 heterocycles. The van der Waals surface area contributed by atoms with E-state index < -0.39 is 10.0 Å². The van der Waals surface area contributed by atoms with Crippen LogP contribution < -0.4 is 9.04 Å². The van der Waals surface area contributed by atoms with Crippen LogP contribution in [0.5, 0.6) is 5.75 Å². The summed E-state index contributed by atoms with van der Waals surface area (Å²) in [6, 6.07) is 7.35. The standard InChI is InChI=1S/C15H17NO3S2/c1-11-6-8-16(21(17,18)12-7-9-20-10-12)15-13(11)4-3-5-14(15)19-2/h3-5,7,9-11H,6,8H2,1-2H3. The number of sulfonamides is 1. The molecule has 1 aliphatic rings. The first-order valence-corrected chi connectivity index (χ1v) is 9.16. The van der Waals surface area contributed by atoms with Gasteiger partial charge in [0.2, 0.25) is 0 Å². The Kier molecular flexibility index (Phi) is 3.67. The molecule has 4 nitrogen and oxygen atoms in total. The molecule has 0 fully saturated rings. The summed E-state index contributed by atoms with van der Waals surface area (Å²) in [5.41, 5.74) is 1.71. The van der Waals surface area contributed by atoms with Gasteiger partial charge in [0.15, 0.2) is 0 Å². The highest BCUT2D eigenvalue weighted by Gasteiger charge is 2.34. The van der Waals surface area contributed by atoms with Crippen LogP contribution in [0.3, 0.4) is 0 Å². The lowest BCUT2D eigenvalue weighted by molar-refractivity contribution is 0.413. The Morgan fingerprint density at radius 3 is 2.81 bits per heavy atom. The zero-order valence-corrected chi connectivity index (χ0v) is 13.6. The summed E-state index contributed by atoms with van der Waals surface area (Å²) in [5, 5.41) is 3.45. The molecule has 3 rings (SSSR count). The maximum Gasteiger partial charge on any atom is 0.265 e. The van der Waals surface area contributed by atoms with Crippen molar-refractivity contribution in [3.05, 3.63) is 40.6 Å². The number of thiophene rings is 1. The lowest BCUT2D eigenvalue weighted by atomic mass is 9.92. The van der Waals surface area contributed by atoms with Crippen molar-refractivity contribution in [2.45, 2.75) is 24.2 Å². The number of ether oxygens (including phenoxy) is 1. The SMILES string of the molecule is COc1cccc2c1N(S(=O)(=O)c1ccsc1)CCC2C. The molecule has 0 bridgehead atoms. The second kappa shape index (κ2) is 5.35. The number of anilines is 1. The van der Waals surface area contributed by atoms with Crippen LogP contribution in [0.25, 0.3) is 0 Å². The molecule has 112 valence electrons. The molecule has 0 saturated carbocycles. The molecule has 0 amide bonds. The van der Waals surface area contributed by atoms with Gasteiger partial charge in [-0.15, -0.1) is 0 Å². The first-order chi connectivity index (χ1) is 10.1. The van der Waals surface area contributed by atoms with Crippen molar-refractivity contribution in [3.8, 4) is 5.75 Å². The van der Waals surface area contributed by atoms with Crippen LogP contribution >= 0.6 is 11.3 Å². The Hall–Kier alpha value is -1.53. The lowest BCUT2D eigenvalue weighted by Crippen LogP contribution is -2.36. The van der Waals surface area contributed by atoms with Gasteiger partial charge in [0, 0.05) is 11.9 Å². The third kappa shape index (κ3) is 2.32. The summed E-state index contributed by atoms with van der Waals surface area (Å²) in [6.07, 6.45) is 0.809. The van der Waals surface area contributed by atoms with Gasteiger partial charge in [-0.25, -0.2) is 8.42 Å². The average molecular weight is 323 g/mol. The molecule has 1 atom stereocenters. The minimum atomic E-state index is -3.52. The Morgan fingerprint density at radius 1 is 1.33 bits per heavy atom. The quantitative estimate of drug-likeness (QED) is 0.869. The van der Waals surface area contributed by atoms with E-state index in [2.05, 4.69) is 6.92 Å². The summed E-state index contributed by atoms with van der Waals surface area (Å²) < 4.78 is 32.6. The van der Waals surface area contributed by atoms with Crippen molar-refractivity contribution >= 4 is 27.0 Å². The van der Waals surface area contributed by atoms with E-state index in [1.807, 2.05) is 18.2 Å². The zero-order valence-electron chi connectivity index (χ0n) is 11.9. The van der Waals surface area contributed by atoms with E-state index >= 15 is 0 Å². The van der Waals surface area contributed by atoms with Crippen molar-refractivity contribution in [3.63, 3.8) is 0 Å². The maximum atomic E-state index is 12.9. The zero-order chi connectivity index (χ0) is 15.0. The molecule has 0 N–H and O–H groups in total. The van der Waals surface area contributed by atoms with Gasteiger partial charge < -0.3 is 4.74 Å². The highest BCUT2D eigenvalue weighted by Crippen LogP contribution is 2.43. The molecule has 6 heteroatoms. The highest BCUT2D eigenvalue weighted by molar-refractivity contribution is 7.93. The lowest BCUT2D eigenvalue weighted by Gasteiger charge is -2.34. The fourth-order valence-electron chi connectivity index (χ4n) is 2.71. The number of nitrogens with zero attached hydrogens (tertiary/aromatic N) is 1. The topological polar surface area (TPSA) is 46.6 Å². The second-order valence-corrected chi connectivity index (χ2v) is 7.77. The van der Waals surface area contributed by atoms with Crippen LogP contribution in [0, 0.1) is 0 Å². The Morgan fingerprint density at radius 2 is 2.14 bits per heavy atom. The van der Waals surface area contributed by atoms with E-state index in [0.29, 0.717) is 28.8 Å². The van der Waals surface area contributed by atoms with Gasteiger partial charge in [-0.1, -0.05) is 19.1 Å². The number of rotatable bonds is 3. The smallest absolute Gasteiger partial charge is 0.265 e. The van der Waals surface area contributed by atoms with E-state index in [4.69, 9.17) is 4.74 Å². The molecule has 21 heavy (non-hydrogen) atoms. The van der Waals surface area contributed by atoms with Gasteiger partial charge in [-0.05, 0) is 35.4 Å². The molecule has 0 spiro atoms. The van der Waals surface area contributed by atoms with Gasteiger partial charge in [0.05, 0.1) is 17.7 Å². The number of methoxy groups -OCH3 is 1. The van der Waals surface area contributed by atoms with Crippen LogP contribution in [-0.4, -0.2) is 22.1 Å². The summed E-state index contributed by atoms with van der Waals surface area (Å²) in [6.45, 7) is 2.60. The van der Waals surface area contributed by atoms with E-state index in [9.17, 15) is 8.42 Å². The van der Waals surface area contributed by atoms with Gasteiger partial charge >= 0.3 is 0 Å². The largest absolute Gasteiger partial charge is 0.495 e. The van der Waals surface area contributed by atoms with Crippen molar-refractivity contribution in [1.82, 2.24) is 0 Å². The number of para-hydroxylation sites is 1. The predicted molar refractivity (Wildman–Crippen MR) is 84.9 cm³/mol. The molecule has 1 aromatic heterocycles. The van der Waals surface area contributed by atoms with Crippen LogP contribution in [0.15, 0.2) is 39.9 Å². The van der Waals surface area contributed by atoms with Crippen molar-refractivity contribution in [1.29, 1.82) is 0 Å². The van der Waals surface area contributed by atoms with E-state index in [1.54, 1.807) is 23.9 Å². The van der Waals surface area contributed by atoms with E-state index in [0.717, 1.165) is 12.0 Å².